The third-order valence-corrected chi connectivity index (χ3v) is 3.77. The molecule has 4 nitrogen and oxygen atoms in total. The second-order valence-electron chi connectivity index (χ2n) is 5.14. The van der Waals surface area contributed by atoms with Gasteiger partial charge in [-0.2, -0.15) is 0 Å². The van der Waals surface area contributed by atoms with E-state index in [4.69, 9.17) is 0 Å². The van der Waals surface area contributed by atoms with Crippen LogP contribution >= 0.6 is 15.9 Å². The first-order chi connectivity index (χ1) is 10.1. The van der Waals surface area contributed by atoms with E-state index in [9.17, 15) is 4.79 Å². The summed E-state index contributed by atoms with van der Waals surface area (Å²) in [6.07, 6.45) is 3.23. The number of nitrogens with zero attached hydrogens (tertiary/aromatic N) is 1. The Morgan fingerprint density at radius 1 is 1.29 bits per heavy atom. The van der Waals surface area contributed by atoms with Gasteiger partial charge in [-0.15, -0.1) is 0 Å². The van der Waals surface area contributed by atoms with Crippen molar-refractivity contribution in [2.45, 2.75) is 6.04 Å². The zero-order valence-corrected chi connectivity index (χ0v) is 13.7. The minimum atomic E-state index is -0.106. The first-order valence-electron chi connectivity index (χ1n) is 6.81. The third-order valence-electron chi connectivity index (χ3n) is 3.33. The van der Waals surface area contributed by atoms with Gasteiger partial charge in [0.05, 0.1) is 26.2 Å². The second kappa shape index (κ2) is 7.33. The SMILES string of the molecule is C[NH+](C)[C@H](CNC(=O)c1cncc(Br)c1)c1ccccc1. The van der Waals surface area contributed by atoms with Crippen LogP contribution in [0.15, 0.2) is 53.3 Å². The minimum absolute atomic E-state index is 0.106. The van der Waals surface area contributed by atoms with Crippen molar-refractivity contribution in [3.05, 3.63) is 64.4 Å². The topological polar surface area (TPSA) is 46.4 Å². The van der Waals surface area contributed by atoms with Gasteiger partial charge in [-0.1, -0.05) is 30.3 Å². The van der Waals surface area contributed by atoms with Gasteiger partial charge >= 0.3 is 0 Å². The van der Waals surface area contributed by atoms with E-state index in [-0.39, 0.29) is 11.9 Å². The molecule has 0 aliphatic carbocycles. The van der Waals surface area contributed by atoms with Crippen molar-refractivity contribution < 1.29 is 9.69 Å². The van der Waals surface area contributed by atoms with E-state index in [0.717, 1.165) is 4.47 Å². The quantitative estimate of drug-likeness (QED) is 0.859. The van der Waals surface area contributed by atoms with Crippen LogP contribution in [0.3, 0.4) is 0 Å². The molecule has 2 rings (SSSR count). The van der Waals surface area contributed by atoms with Gasteiger partial charge in [0.2, 0.25) is 0 Å². The summed E-state index contributed by atoms with van der Waals surface area (Å²) in [5.74, 6) is -0.106. The van der Waals surface area contributed by atoms with Gasteiger partial charge in [-0.05, 0) is 22.0 Å². The predicted octanol–water partition coefficient (Wildman–Crippen LogP) is 1.46. The molecule has 0 fully saturated rings. The fourth-order valence-electron chi connectivity index (χ4n) is 2.17. The summed E-state index contributed by atoms with van der Waals surface area (Å²) in [6, 6.07) is 12.2. The number of amides is 1. The number of halogens is 1. The van der Waals surface area contributed by atoms with Gasteiger partial charge in [-0.3, -0.25) is 9.78 Å². The Balaban J connectivity index is 2.04. The Hall–Kier alpha value is -1.72. The molecule has 5 heteroatoms. The van der Waals surface area contributed by atoms with E-state index in [1.54, 1.807) is 18.5 Å². The molecule has 1 amide bonds. The highest BCUT2D eigenvalue weighted by Crippen LogP contribution is 2.11. The molecule has 0 spiro atoms. The molecular weight excluding hydrogens is 330 g/mol. The molecule has 1 aromatic heterocycles. The standard InChI is InChI=1S/C16H18BrN3O/c1-20(2)15(12-6-4-3-5-7-12)11-19-16(21)13-8-14(17)10-18-9-13/h3-10,15H,11H2,1-2H3,(H,19,21)/p+1/t15-/m1/s1. The number of quaternary nitrogens is 1. The molecule has 2 N–H and O–H groups in total. The molecule has 0 unspecified atom stereocenters. The summed E-state index contributed by atoms with van der Waals surface area (Å²) in [5.41, 5.74) is 1.77. The number of pyridine rings is 1. The van der Waals surface area contributed by atoms with Crippen LogP contribution in [0.1, 0.15) is 22.0 Å². The summed E-state index contributed by atoms with van der Waals surface area (Å²) < 4.78 is 0.799. The van der Waals surface area contributed by atoms with Crippen LogP contribution in [0.4, 0.5) is 0 Å². The van der Waals surface area contributed by atoms with E-state index in [1.165, 1.54) is 10.5 Å². The summed E-state index contributed by atoms with van der Waals surface area (Å²) >= 11 is 3.32. The van der Waals surface area contributed by atoms with Crippen molar-refractivity contribution >= 4 is 21.8 Å². The van der Waals surface area contributed by atoms with Crippen molar-refractivity contribution in [2.75, 3.05) is 20.6 Å². The lowest BCUT2D eigenvalue weighted by Gasteiger charge is -2.22. The Kier molecular flexibility index (Phi) is 5.47. The summed E-state index contributed by atoms with van der Waals surface area (Å²) in [6.45, 7) is 0.581. The molecule has 1 atom stereocenters. The van der Waals surface area contributed by atoms with Gasteiger partial charge in [0.15, 0.2) is 0 Å². The zero-order chi connectivity index (χ0) is 15.2. The van der Waals surface area contributed by atoms with Crippen LogP contribution in [0.2, 0.25) is 0 Å². The molecule has 110 valence electrons. The summed E-state index contributed by atoms with van der Waals surface area (Å²) in [4.78, 5) is 17.5. The van der Waals surface area contributed by atoms with Crippen molar-refractivity contribution in [1.82, 2.24) is 10.3 Å². The average Bonchev–Trinajstić information content (AvgIpc) is 2.48. The maximum atomic E-state index is 12.2. The third kappa shape index (κ3) is 4.37. The van der Waals surface area contributed by atoms with Gasteiger partial charge in [0.1, 0.15) is 6.04 Å². The molecule has 0 saturated heterocycles. The lowest BCUT2D eigenvalue weighted by atomic mass is 10.1. The van der Waals surface area contributed by atoms with Gasteiger partial charge in [-0.25, -0.2) is 0 Å². The molecule has 1 aromatic carbocycles. The lowest BCUT2D eigenvalue weighted by molar-refractivity contribution is -0.890. The van der Waals surface area contributed by atoms with Gasteiger partial charge in [0.25, 0.3) is 5.91 Å². The van der Waals surface area contributed by atoms with Gasteiger partial charge in [0, 0.05) is 22.4 Å². The van der Waals surface area contributed by atoms with Crippen LogP contribution in [0.5, 0.6) is 0 Å². The average molecular weight is 349 g/mol. The highest BCUT2D eigenvalue weighted by atomic mass is 79.9. The number of nitrogens with one attached hydrogen (secondary N) is 2. The van der Waals surface area contributed by atoms with E-state index < -0.39 is 0 Å². The molecule has 2 aromatic rings. The largest absolute Gasteiger partial charge is 0.346 e. The molecule has 0 aliphatic heterocycles. The van der Waals surface area contributed by atoms with E-state index in [0.29, 0.717) is 12.1 Å². The maximum Gasteiger partial charge on any atom is 0.253 e. The molecule has 0 bridgehead atoms. The number of rotatable bonds is 5. The van der Waals surface area contributed by atoms with E-state index >= 15 is 0 Å². The zero-order valence-electron chi connectivity index (χ0n) is 12.1. The molecule has 0 aliphatic rings. The Morgan fingerprint density at radius 3 is 2.62 bits per heavy atom. The van der Waals surface area contributed by atoms with Crippen molar-refractivity contribution in [3.8, 4) is 0 Å². The Bertz CT molecular complexity index is 601. The number of carbonyl (C=O) groups is 1. The van der Waals surface area contributed by atoms with Crippen molar-refractivity contribution in [2.24, 2.45) is 0 Å². The highest BCUT2D eigenvalue weighted by Gasteiger charge is 2.18. The number of carbonyl (C=O) groups excluding carboxylic acids is 1. The molecule has 1 heterocycles. The monoisotopic (exact) mass is 348 g/mol. The predicted molar refractivity (Wildman–Crippen MR) is 86.3 cm³/mol. The van der Waals surface area contributed by atoms with E-state index in [2.05, 4.69) is 52.5 Å². The Labute approximate surface area is 133 Å². The Morgan fingerprint density at radius 2 is 2.00 bits per heavy atom. The van der Waals surface area contributed by atoms with Crippen molar-refractivity contribution in [1.29, 1.82) is 0 Å². The molecular formula is C16H19BrN3O+. The summed E-state index contributed by atoms with van der Waals surface area (Å²) in [5, 5.41) is 2.99. The summed E-state index contributed by atoms with van der Waals surface area (Å²) in [7, 11) is 4.18. The number of hydrogen-bond acceptors (Lipinski definition) is 2. The minimum Gasteiger partial charge on any atom is -0.346 e. The maximum absolute atomic E-state index is 12.2. The van der Waals surface area contributed by atoms with Crippen LogP contribution in [0, 0.1) is 0 Å². The number of hydrogen-bond donors (Lipinski definition) is 2. The van der Waals surface area contributed by atoms with Crippen molar-refractivity contribution in [3.63, 3.8) is 0 Å². The molecule has 0 saturated carbocycles. The smallest absolute Gasteiger partial charge is 0.253 e. The highest BCUT2D eigenvalue weighted by molar-refractivity contribution is 9.10. The number of likely N-dealkylation sites (N-methyl/N-ethyl adjacent to an activating group) is 1. The molecule has 0 radical (unpaired) electrons. The fourth-order valence-corrected chi connectivity index (χ4v) is 2.54. The van der Waals surface area contributed by atoms with Crippen LogP contribution < -0.4 is 10.2 Å². The first kappa shape index (κ1) is 15.7. The fraction of sp³-hybridized carbons (Fsp3) is 0.250. The van der Waals surface area contributed by atoms with E-state index in [1.807, 2.05) is 18.2 Å². The van der Waals surface area contributed by atoms with Crippen LogP contribution in [-0.4, -0.2) is 31.5 Å². The van der Waals surface area contributed by atoms with Crippen LogP contribution in [0.25, 0.3) is 0 Å². The van der Waals surface area contributed by atoms with Gasteiger partial charge < -0.3 is 10.2 Å². The normalized spacial score (nSPS) is 12.2. The number of benzene rings is 1. The second-order valence-corrected chi connectivity index (χ2v) is 6.06. The molecule has 21 heavy (non-hydrogen) atoms. The number of aromatic nitrogens is 1. The lowest BCUT2D eigenvalue weighted by Crippen LogP contribution is -3.07. The first-order valence-corrected chi connectivity index (χ1v) is 7.61. The van der Waals surface area contributed by atoms with Crippen LogP contribution in [-0.2, 0) is 0 Å².